The molecule has 0 amide bonds. The van der Waals surface area contributed by atoms with Crippen LogP contribution < -0.4 is 10.1 Å². The van der Waals surface area contributed by atoms with Crippen molar-refractivity contribution in [1.82, 2.24) is 15.2 Å². The lowest BCUT2D eigenvalue weighted by molar-refractivity contribution is 0.167. The Morgan fingerprint density at radius 2 is 1.76 bits per heavy atom. The quantitative estimate of drug-likeness (QED) is 0.339. The molecule has 1 aliphatic rings. The summed E-state index contributed by atoms with van der Waals surface area (Å²) in [6.07, 6.45) is 4.30. The number of aromatic amines is 1. The van der Waals surface area contributed by atoms with Crippen LogP contribution in [0.5, 0.6) is 5.75 Å². The number of methoxy groups -OCH3 is 1. The summed E-state index contributed by atoms with van der Waals surface area (Å²) in [5, 5.41) is 5.17. The van der Waals surface area contributed by atoms with Gasteiger partial charge in [0.2, 0.25) is 0 Å². The number of aromatic nitrogens is 1. The van der Waals surface area contributed by atoms with Crippen molar-refractivity contribution in [1.29, 1.82) is 0 Å². The fourth-order valence-corrected chi connectivity index (χ4v) is 5.17. The molecule has 1 aliphatic heterocycles. The van der Waals surface area contributed by atoms with Crippen LogP contribution in [0.1, 0.15) is 29.0 Å². The molecule has 2 heterocycles. The Balaban J connectivity index is 0.00000274. The molecule has 2 N–H and O–H groups in total. The zero-order valence-electron chi connectivity index (χ0n) is 19.7. The zero-order valence-corrected chi connectivity index (χ0v) is 20.6. The van der Waals surface area contributed by atoms with E-state index in [1.54, 1.807) is 7.11 Å². The molecule has 34 heavy (non-hydrogen) atoms. The largest absolute Gasteiger partial charge is 0.497 e. The van der Waals surface area contributed by atoms with Crippen LogP contribution in [0.2, 0.25) is 0 Å². The number of halogens is 1. The van der Waals surface area contributed by atoms with Gasteiger partial charge in [-0.25, -0.2) is 0 Å². The molecule has 4 aromatic rings. The van der Waals surface area contributed by atoms with Crippen molar-refractivity contribution in [3.8, 4) is 5.75 Å². The van der Waals surface area contributed by atoms with Crippen LogP contribution in [0, 0.1) is 0 Å². The van der Waals surface area contributed by atoms with Crippen LogP contribution in [0.3, 0.4) is 0 Å². The number of fused-ring (bicyclic) bond motifs is 1. The number of rotatable bonds is 8. The minimum Gasteiger partial charge on any atom is -0.497 e. The van der Waals surface area contributed by atoms with E-state index in [-0.39, 0.29) is 12.4 Å². The van der Waals surface area contributed by atoms with Crippen molar-refractivity contribution in [3.05, 3.63) is 102 Å². The highest BCUT2D eigenvalue weighted by atomic mass is 35.5. The lowest BCUT2D eigenvalue weighted by Gasteiger charge is -2.39. The van der Waals surface area contributed by atoms with E-state index in [4.69, 9.17) is 4.74 Å². The van der Waals surface area contributed by atoms with Crippen LogP contribution in [0.25, 0.3) is 10.9 Å². The summed E-state index contributed by atoms with van der Waals surface area (Å²) in [6.45, 7) is 4.20. The van der Waals surface area contributed by atoms with E-state index in [9.17, 15) is 0 Å². The second-order valence-corrected chi connectivity index (χ2v) is 9.06. The number of benzene rings is 3. The Morgan fingerprint density at radius 1 is 1.00 bits per heavy atom. The predicted octanol–water partition coefficient (Wildman–Crippen LogP) is 5.79. The first-order chi connectivity index (χ1) is 16.3. The highest BCUT2D eigenvalue weighted by molar-refractivity contribution is 5.85. The summed E-state index contributed by atoms with van der Waals surface area (Å²) in [5.41, 5.74) is 5.34. The summed E-state index contributed by atoms with van der Waals surface area (Å²) in [4.78, 5) is 6.01. The van der Waals surface area contributed by atoms with Gasteiger partial charge in [-0.3, -0.25) is 4.90 Å². The molecule has 2 atom stereocenters. The molecule has 0 spiro atoms. The van der Waals surface area contributed by atoms with Gasteiger partial charge in [-0.1, -0.05) is 60.7 Å². The van der Waals surface area contributed by atoms with Gasteiger partial charge in [-0.2, -0.15) is 0 Å². The van der Waals surface area contributed by atoms with Gasteiger partial charge in [0.05, 0.1) is 7.11 Å². The third-order valence-electron chi connectivity index (χ3n) is 6.95. The minimum absolute atomic E-state index is 0. The maximum Gasteiger partial charge on any atom is 0.119 e. The van der Waals surface area contributed by atoms with Crippen molar-refractivity contribution in [2.75, 3.05) is 26.7 Å². The number of hydrogen-bond acceptors (Lipinski definition) is 3. The number of hydrogen-bond donors (Lipinski definition) is 2. The number of nitrogens with zero attached hydrogens (tertiary/aromatic N) is 1. The summed E-state index contributed by atoms with van der Waals surface area (Å²) >= 11 is 0. The van der Waals surface area contributed by atoms with E-state index < -0.39 is 0 Å². The number of piperidine rings is 1. The van der Waals surface area contributed by atoms with E-state index in [0.29, 0.717) is 12.0 Å². The number of nitrogens with one attached hydrogen (secondary N) is 2. The SMILES string of the molecule is COc1ccc2[nH]cc(CCNC3CCN(Cc4ccccc4)CC3c3ccccc3)c2c1.Cl. The molecule has 178 valence electrons. The average molecular weight is 476 g/mol. The fourth-order valence-electron chi connectivity index (χ4n) is 5.17. The Kier molecular flexibility index (Phi) is 8.28. The van der Waals surface area contributed by atoms with Gasteiger partial charge in [0.15, 0.2) is 0 Å². The zero-order chi connectivity index (χ0) is 22.5. The van der Waals surface area contributed by atoms with Crippen molar-refractivity contribution in [2.45, 2.75) is 31.3 Å². The van der Waals surface area contributed by atoms with Gasteiger partial charge < -0.3 is 15.0 Å². The molecular formula is C29H34ClN3O. The highest BCUT2D eigenvalue weighted by Gasteiger charge is 2.30. The topological polar surface area (TPSA) is 40.3 Å². The third-order valence-corrected chi connectivity index (χ3v) is 6.95. The van der Waals surface area contributed by atoms with Crippen molar-refractivity contribution in [2.24, 2.45) is 0 Å². The number of ether oxygens (including phenoxy) is 1. The van der Waals surface area contributed by atoms with Gasteiger partial charge in [-0.15, -0.1) is 12.4 Å². The van der Waals surface area contributed by atoms with Gasteiger partial charge in [0.25, 0.3) is 0 Å². The van der Waals surface area contributed by atoms with Crippen LogP contribution in [-0.4, -0.2) is 42.7 Å². The summed E-state index contributed by atoms with van der Waals surface area (Å²) < 4.78 is 5.43. The second kappa shape index (κ2) is 11.6. The van der Waals surface area contributed by atoms with E-state index >= 15 is 0 Å². The van der Waals surface area contributed by atoms with E-state index in [0.717, 1.165) is 44.8 Å². The molecule has 1 fully saturated rings. The number of H-pyrrole nitrogens is 1. The van der Waals surface area contributed by atoms with Crippen molar-refractivity contribution in [3.63, 3.8) is 0 Å². The smallest absolute Gasteiger partial charge is 0.119 e. The van der Waals surface area contributed by atoms with Gasteiger partial charge in [0.1, 0.15) is 5.75 Å². The van der Waals surface area contributed by atoms with E-state index in [2.05, 4.69) is 94.2 Å². The minimum atomic E-state index is 0. The normalized spacial score (nSPS) is 18.5. The molecular weight excluding hydrogens is 442 g/mol. The highest BCUT2D eigenvalue weighted by Crippen LogP contribution is 2.29. The lowest BCUT2D eigenvalue weighted by atomic mass is 9.85. The average Bonchev–Trinajstić information content (AvgIpc) is 3.28. The molecule has 4 nitrogen and oxygen atoms in total. The van der Waals surface area contributed by atoms with Gasteiger partial charge in [-0.05, 0) is 54.3 Å². The van der Waals surface area contributed by atoms with Crippen LogP contribution in [0.15, 0.2) is 85.1 Å². The summed E-state index contributed by atoms with van der Waals surface area (Å²) in [5.74, 6) is 1.40. The molecule has 0 radical (unpaired) electrons. The lowest BCUT2D eigenvalue weighted by Crippen LogP contribution is -2.48. The Bertz CT molecular complexity index is 1160. The third kappa shape index (κ3) is 5.64. The molecule has 0 aliphatic carbocycles. The maximum atomic E-state index is 5.43. The second-order valence-electron chi connectivity index (χ2n) is 9.06. The Labute approximate surface area is 208 Å². The van der Waals surface area contributed by atoms with Crippen LogP contribution >= 0.6 is 12.4 Å². The number of likely N-dealkylation sites (tertiary alicyclic amines) is 1. The molecule has 5 heteroatoms. The maximum absolute atomic E-state index is 5.43. The van der Waals surface area contributed by atoms with E-state index in [1.165, 1.54) is 27.6 Å². The van der Waals surface area contributed by atoms with Gasteiger partial charge >= 0.3 is 0 Å². The monoisotopic (exact) mass is 475 g/mol. The molecule has 2 unspecified atom stereocenters. The first-order valence-electron chi connectivity index (χ1n) is 12.0. The fraction of sp³-hybridized carbons (Fsp3) is 0.310. The molecule has 0 saturated carbocycles. The molecule has 5 rings (SSSR count). The van der Waals surface area contributed by atoms with Crippen molar-refractivity contribution < 1.29 is 4.74 Å². The Hall–Kier alpha value is -2.79. The van der Waals surface area contributed by atoms with E-state index in [1.807, 2.05) is 6.07 Å². The molecule has 0 bridgehead atoms. The van der Waals surface area contributed by atoms with Crippen LogP contribution in [-0.2, 0) is 13.0 Å². The van der Waals surface area contributed by atoms with Crippen LogP contribution in [0.4, 0.5) is 0 Å². The standard InChI is InChI=1S/C29H33N3O.ClH/c1-33-25-12-13-28-26(18-25)24(19-31-28)14-16-30-29-15-17-32(20-22-8-4-2-5-9-22)21-27(29)23-10-6-3-7-11-23;/h2-13,18-19,27,29-31H,14-17,20-21H2,1H3;1H. The molecule has 1 aromatic heterocycles. The van der Waals surface area contributed by atoms with Crippen molar-refractivity contribution >= 4 is 23.3 Å². The molecule has 1 saturated heterocycles. The first-order valence-corrected chi connectivity index (χ1v) is 12.0. The predicted molar refractivity (Wildman–Crippen MR) is 143 cm³/mol. The summed E-state index contributed by atoms with van der Waals surface area (Å²) in [6, 6.07) is 28.6. The molecule has 3 aromatic carbocycles. The van der Waals surface area contributed by atoms with Gasteiger partial charge in [0, 0.05) is 48.7 Å². The first kappa shape index (κ1) is 24.3. The Morgan fingerprint density at radius 3 is 2.53 bits per heavy atom. The summed E-state index contributed by atoms with van der Waals surface area (Å²) in [7, 11) is 1.73.